The molecule has 18 heavy (non-hydrogen) atoms. The molecule has 1 saturated carbocycles. The minimum Gasteiger partial charge on any atom is -0.381 e. The molecule has 104 valence electrons. The number of nitrogens with one attached hydrogen (secondary N) is 1. The molecular formula is C14H26N2O2. The van der Waals surface area contributed by atoms with Crippen LogP contribution in [-0.4, -0.2) is 42.3 Å². The maximum Gasteiger partial charge on any atom is 0.240 e. The van der Waals surface area contributed by atoms with Crippen LogP contribution >= 0.6 is 0 Å². The van der Waals surface area contributed by atoms with Crippen LogP contribution in [0.5, 0.6) is 0 Å². The third-order valence-corrected chi connectivity index (χ3v) is 4.18. The lowest BCUT2D eigenvalue weighted by Crippen LogP contribution is -2.44. The Labute approximate surface area is 110 Å². The number of carbonyl (C=O) groups is 1. The first kappa shape index (κ1) is 13.8. The summed E-state index contributed by atoms with van der Waals surface area (Å²) in [6.07, 6.45) is 4.72. The van der Waals surface area contributed by atoms with Gasteiger partial charge in [-0.1, -0.05) is 13.8 Å². The zero-order valence-corrected chi connectivity index (χ0v) is 12.0. The van der Waals surface area contributed by atoms with Gasteiger partial charge in [0.25, 0.3) is 0 Å². The molecule has 1 saturated heterocycles. The molecule has 1 N–H and O–H groups in total. The van der Waals surface area contributed by atoms with Crippen molar-refractivity contribution in [2.75, 3.05) is 7.11 Å². The predicted octanol–water partition coefficient (Wildman–Crippen LogP) is 1.75. The van der Waals surface area contributed by atoms with Gasteiger partial charge in [0.2, 0.25) is 5.91 Å². The van der Waals surface area contributed by atoms with Crippen LogP contribution in [-0.2, 0) is 9.53 Å². The van der Waals surface area contributed by atoms with E-state index in [-0.39, 0.29) is 18.1 Å². The zero-order valence-electron chi connectivity index (χ0n) is 12.0. The van der Waals surface area contributed by atoms with Crippen molar-refractivity contribution in [3.05, 3.63) is 0 Å². The molecule has 1 aliphatic carbocycles. The third-order valence-electron chi connectivity index (χ3n) is 4.18. The molecule has 0 bridgehead atoms. The van der Waals surface area contributed by atoms with Gasteiger partial charge in [-0.05, 0) is 38.5 Å². The Kier molecular flexibility index (Phi) is 4.28. The molecule has 0 spiro atoms. The summed E-state index contributed by atoms with van der Waals surface area (Å²) in [6.45, 7) is 6.39. The van der Waals surface area contributed by atoms with Gasteiger partial charge < -0.3 is 9.64 Å². The summed E-state index contributed by atoms with van der Waals surface area (Å²) in [6, 6.07) is 0.332. The Bertz CT molecular complexity index is 306. The SMILES string of the molecule is COC1CCC(N2C(=O)C(C)NC2CC(C)C)C1. The maximum atomic E-state index is 12.3. The standard InChI is InChI=1S/C14H26N2O2/c1-9(2)7-13-15-10(3)14(17)16(13)11-5-6-12(8-11)18-4/h9-13,15H,5-8H2,1-4H3. The van der Waals surface area contributed by atoms with Crippen LogP contribution < -0.4 is 5.32 Å². The van der Waals surface area contributed by atoms with Gasteiger partial charge in [-0.3, -0.25) is 10.1 Å². The summed E-state index contributed by atoms with van der Waals surface area (Å²) in [5.41, 5.74) is 0. The smallest absolute Gasteiger partial charge is 0.240 e. The van der Waals surface area contributed by atoms with E-state index in [2.05, 4.69) is 24.1 Å². The van der Waals surface area contributed by atoms with Crippen LogP contribution in [0.4, 0.5) is 0 Å². The normalized spacial score (nSPS) is 36.9. The number of methoxy groups -OCH3 is 1. The molecule has 0 aromatic carbocycles. The number of nitrogens with zero attached hydrogens (tertiary/aromatic N) is 1. The lowest BCUT2D eigenvalue weighted by molar-refractivity contribution is -0.132. The minimum absolute atomic E-state index is 0.0321. The molecule has 0 aromatic heterocycles. The molecule has 4 nitrogen and oxygen atoms in total. The fraction of sp³-hybridized carbons (Fsp3) is 0.929. The van der Waals surface area contributed by atoms with Crippen molar-refractivity contribution in [2.45, 2.75) is 70.8 Å². The van der Waals surface area contributed by atoms with E-state index >= 15 is 0 Å². The molecule has 1 aliphatic heterocycles. The van der Waals surface area contributed by atoms with Crippen molar-refractivity contribution in [3.8, 4) is 0 Å². The molecule has 0 aromatic rings. The second-order valence-electron chi connectivity index (χ2n) is 6.10. The van der Waals surface area contributed by atoms with Crippen LogP contribution in [0.1, 0.15) is 46.5 Å². The fourth-order valence-corrected chi connectivity index (χ4v) is 3.26. The summed E-state index contributed by atoms with van der Waals surface area (Å²) < 4.78 is 5.42. The van der Waals surface area contributed by atoms with Crippen molar-refractivity contribution in [2.24, 2.45) is 5.92 Å². The van der Waals surface area contributed by atoms with Crippen molar-refractivity contribution < 1.29 is 9.53 Å². The second-order valence-corrected chi connectivity index (χ2v) is 6.10. The summed E-state index contributed by atoms with van der Waals surface area (Å²) in [4.78, 5) is 14.4. The van der Waals surface area contributed by atoms with Gasteiger partial charge in [-0.2, -0.15) is 0 Å². The zero-order chi connectivity index (χ0) is 13.3. The molecule has 1 amide bonds. The van der Waals surface area contributed by atoms with Gasteiger partial charge >= 0.3 is 0 Å². The summed E-state index contributed by atoms with van der Waals surface area (Å²) in [5, 5.41) is 3.43. The first-order valence-electron chi connectivity index (χ1n) is 7.14. The molecule has 0 radical (unpaired) electrons. The molecule has 4 heteroatoms. The minimum atomic E-state index is -0.0321. The van der Waals surface area contributed by atoms with E-state index in [0.29, 0.717) is 18.1 Å². The van der Waals surface area contributed by atoms with E-state index < -0.39 is 0 Å². The van der Waals surface area contributed by atoms with E-state index in [4.69, 9.17) is 4.74 Å². The van der Waals surface area contributed by atoms with Gasteiger partial charge in [0.15, 0.2) is 0 Å². The highest BCUT2D eigenvalue weighted by Gasteiger charge is 2.42. The van der Waals surface area contributed by atoms with Gasteiger partial charge in [0.05, 0.1) is 18.3 Å². The maximum absolute atomic E-state index is 12.3. The van der Waals surface area contributed by atoms with Crippen molar-refractivity contribution >= 4 is 5.91 Å². The average molecular weight is 254 g/mol. The monoisotopic (exact) mass is 254 g/mol. The van der Waals surface area contributed by atoms with Crippen LogP contribution in [0.3, 0.4) is 0 Å². The van der Waals surface area contributed by atoms with Gasteiger partial charge in [0, 0.05) is 13.2 Å². The lowest BCUT2D eigenvalue weighted by Gasteiger charge is -2.31. The number of hydrogen-bond acceptors (Lipinski definition) is 3. The molecule has 4 atom stereocenters. The third kappa shape index (κ3) is 2.69. The van der Waals surface area contributed by atoms with E-state index in [1.807, 2.05) is 6.92 Å². The number of amides is 1. The number of carbonyl (C=O) groups excluding carboxylic acids is 1. The Morgan fingerprint density at radius 1 is 1.44 bits per heavy atom. The van der Waals surface area contributed by atoms with Crippen LogP contribution in [0.25, 0.3) is 0 Å². The molecule has 4 unspecified atom stereocenters. The highest BCUT2D eigenvalue weighted by atomic mass is 16.5. The lowest BCUT2D eigenvalue weighted by atomic mass is 10.1. The second kappa shape index (κ2) is 5.57. The quantitative estimate of drug-likeness (QED) is 0.831. The van der Waals surface area contributed by atoms with Crippen LogP contribution in [0.15, 0.2) is 0 Å². The Morgan fingerprint density at radius 2 is 2.17 bits per heavy atom. The van der Waals surface area contributed by atoms with Crippen LogP contribution in [0.2, 0.25) is 0 Å². The topological polar surface area (TPSA) is 41.6 Å². The number of rotatable bonds is 4. The molecular weight excluding hydrogens is 228 g/mol. The van der Waals surface area contributed by atoms with Gasteiger partial charge in [-0.15, -0.1) is 0 Å². The van der Waals surface area contributed by atoms with E-state index in [1.54, 1.807) is 7.11 Å². The first-order chi connectivity index (χ1) is 8.52. The Balaban J connectivity index is 2.05. The number of ether oxygens (including phenoxy) is 1. The van der Waals surface area contributed by atoms with Crippen molar-refractivity contribution in [1.82, 2.24) is 10.2 Å². The van der Waals surface area contributed by atoms with Gasteiger partial charge in [-0.25, -0.2) is 0 Å². The van der Waals surface area contributed by atoms with Crippen molar-refractivity contribution in [3.63, 3.8) is 0 Å². The highest BCUT2D eigenvalue weighted by molar-refractivity contribution is 5.84. The van der Waals surface area contributed by atoms with Gasteiger partial charge in [0.1, 0.15) is 0 Å². The van der Waals surface area contributed by atoms with Crippen molar-refractivity contribution in [1.29, 1.82) is 0 Å². The first-order valence-corrected chi connectivity index (χ1v) is 7.14. The Morgan fingerprint density at radius 3 is 2.72 bits per heavy atom. The fourth-order valence-electron chi connectivity index (χ4n) is 3.26. The summed E-state index contributed by atoms with van der Waals surface area (Å²) >= 11 is 0. The molecule has 2 rings (SSSR count). The van der Waals surface area contributed by atoms with E-state index in [9.17, 15) is 4.79 Å². The molecule has 2 fully saturated rings. The summed E-state index contributed by atoms with van der Waals surface area (Å²) in [5.74, 6) is 0.866. The summed E-state index contributed by atoms with van der Waals surface area (Å²) in [7, 11) is 1.77. The predicted molar refractivity (Wildman–Crippen MR) is 71.1 cm³/mol. The number of hydrogen-bond donors (Lipinski definition) is 1. The van der Waals surface area contributed by atoms with E-state index in [0.717, 1.165) is 25.7 Å². The van der Waals surface area contributed by atoms with E-state index in [1.165, 1.54) is 0 Å². The Hall–Kier alpha value is -0.610. The molecule has 1 heterocycles. The average Bonchev–Trinajstić information content (AvgIpc) is 2.85. The largest absolute Gasteiger partial charge is 0.381 e. The highest BCUT2D eigenvalue weighted by Crippen LogP contribution is 2.31. The molecule has 2 aliphatic rings. The van der Waals surface area contributed by atoms with Crippen LogP contribution in [0, 0.1) is 5.92 Å².